The molecule has 146 valence electrons. The summed E-state index contributed by atoms with van der Waals surface area (Å²) in [6, 6.07) is 10.9. The van der Waals surface area contributed by atoms with E-state index in [1.54, 1.807) is 0 Å². The maximum Gasteiger partial charge on any atom is 0.185 e. The molecule has 2 aliphatic rings. The second-order valence-electron chi connectivity index (χ2n) is 8.34. The molecule has 0 unspecified atom stereocenters. The zero-order valence-electron chi connectivity index (χ0n) is 16.5. The topological polar surface area (TPSA) is 74.1 Å². The van der Waals surface area contributed by atoms with Gasteiger partial charge in [0.2, 0.25) is 0 Å². The van der Waals surface area contributed by atoms with Crippen LogP contribution in [0.1, 0.15) is 29.5 Å². The first-order chi connectivity index (χ1) is 13.7. The number of aromatic nitrogens is 3. The van der Waals surface area contributed by atoms with E-state index in [4.69, 9.17) is 10.7 Å². The molecule has 0 amide bonds. The number of hydrogen-bond acceptors (Lipinski definition) is 5. The van der Waals surface area contributed by atoms with Crippen molar-refractivity contribution in [1.29, 1.82) is 0 Å². The van der Waals surface area contributed by atoms with Crippen LogP contribution < -0.4 is 10.6 Å². The van der Waals surface area contributed by atoms with E-state index in [0.29, 0.717) is 5.82 Å². The molecule has 0 atom stereocenters. The number of piperidine rings is 1. The van der Waals surface area contributed by atoms with Crippen LogP contribution in [0.2, 0.25) is 0 Å². The summed E-state index contributed by atoms with van der Waals surface area (Å²) >= 11 is 0. The number of pyridine rings is 1. The fourth-order valence-electron chi connectivity index (χ4n) is 4.83. The summed E-state index contributed by atoms with van der Waals surface area (Å²) in [4.78, 5) is 9.80. The number of nitrogens with zero attached hydrogens (tertiary/aromatic N) is 4. The lowest BCUT2D eigenvalue weighted by Crippen LogP contribution is -2.37. The van der Waals surface area contributed by atoms with Crippen molar-refractivity contribution in [2.24, 2.45) is 5.92 Å². The zero-order valence-corrected chi connectivity index (χ0v) is 16.5. The number of rotatable bonds is 3. The van der Waals surface area contributed by atoms with E-state index in [-0.39, 0.29) is 0 Å². The third-order valence-corrected chi connectivity index (χ3v) is 6.38. The molecule has 6 heteroatoms. The van der Waals surface area contributed by atoms with Gasteiger partial charge in [0.1, 0.15) is 11.6 Å². The number of anilines is 2. The van der Waals surface area contributed by atoms with Crippen molar-refractivity contribution in [3.05, 3.63) is 47.0 Å². The quantitative estimate of drug-likeness (QED) is 0.735. The molecular weight excluding hydrogens is 348 g/mol. The predicted octanol–water partition coefficient (Wildman–Crippen LogP) is 2.99. The van der Waals surface area contributed by atoms with Gasteiger partial charge in [0.25, 0.3) is 0 Å². The summed E-state index contributed by atoms with van der Waals surface area (Å²) in [5.74, 6) is 2.53. The summed E-state index contributed by atoms with van der Waals surface area (Å²) in [6.45, 7) is 4.11. The van der Waals surface area contributed by atoms with Gasteiger partial charge in [0.15, 0.2) is 5.65 Å². The molecule has 5 rings (SSSR count). The molecule has 2 aliphatic heterocycles. The molecule has 0 bridgehead atoms. The highest BCUT2D eigenvalue weighted by molar-refractivity contribution is 5.92. The molecule has 3 N–H and O–H groups in total. The Morgan fingerprint density at radius 2 is 1.89 bits per heavy atom. The molecule has 0 radical (unpaired) electrons. The largest absolute Gasteiger partial charge is 0.384 e. The molecular formula is C22H28N6. The van der Waals surface area contributed by atoms with E-state index >= 15 is 0 Å². The van der Waals surface area contributed by atoms with Gasteiger partial charge in [-0.2, -0.15) is 5.10 Å². The highest BCUT2D eigenvalue weighted by atomic mass is 15.2. The van der Waals surface area contributed by atoms with Gasteiger partial charge in [-0.05, 0) is 49.8 Å². The van der Waals surface area contributed by atoms with Crippen LogP contribution in [0.25, 0.3) is 11.0 Å². The van der Waals surface area contributed by atoms with Crippen LogP contribution in [0.5, 0.6) is 0 Å². The van der Waals surface area contributed by atoms with Crippen molar-refractivity contribution in [3.63, 3.8) is 0 Å². The highest BCUT2D eigenvalue weighted by Gasteiger charge is 2.28. The van der Waals surface area contributed by atoms with E-state index < -0.39 is 0 Å². The van der Waals surface area contributed by atoms with Gasteiger partial charge < -0.3 is 15.5 Å². The Kier molecular flexibility index (Phi) is 4.43. The highest BCUT2D eigenvalue weighted by Crippen LogP contribution is 2.36. The molecule has 1 aromatic carbocycles. The van der Waals surface area contributed by atoms with Gasteiger partial charge >= 0.3 is 0 Å². The summed E-state index contributed by atoms with van der Waals surface area (Å²) in [7, 11) is 2.18. The number of H-pyrrole nitrogens is 1. The maximum absolute atomic E-state index is 6.17. The number of fused-ring (bicyclic) bond motifs is 3. The van der Waals surface area contributed by atoms with Gasteiger partial charge in [0, 0.05) is 31.7 Å². The molecule has 4 heterocycles. The fraction of sp³-hybridized carbons (Fsp3) is 0.455. The van der Waals surface area contributed by atoms with Crippen LogP contribution in [0.3, 0.4) is 0 Å². The molecule has 28 heavy (non-hydrogen) atoms. The number of nitrogens with two attached hydrogens (primary N) is 1. The minimum absolute atomic E-state index is 0.649. The Hall–Kier alpha value is -2.60. The monoisotopic (exact) mass is 376 g/mol. The number of nitrogens with one attached hydrogen (secondary N) is 1. The summed E-state index contributed by atoms with van der Waals surface area (Å²) in [5, 5.41) is 8.34. The maximum atomic E-state index is 6.17. The van der Waals surface area contributed by atoms with Crippen LogP contribution in [-0.4, -0.2) is 46.8 Å². The number of benzene rings is 1. The van der Waals surface area contributed by atoms with Crippen LogP contribution in [0, 0.1) is 5.92 Å². The summed E-state index contributed by atoms with van der Waals surface area (Å²) in [5.41, 5.74) is 11.1. The number of aromatic amines is 1. The minimum atomic E-state index is 0.649. The van der Waals surface area contributed by atoms with Crippen molar-refractivity contribution >= 4 is 22.7 Å². The average molecular weight is 377 g/mol. The van der Waals surface area contributed by atoms with Gasteiger partial charge in [0.05, 0.1) is 5.39 Å². The van der Waals surface area contributed by atoms with Gasteiger partial charge in [-0.25, -0.2) is 4.98 Å². The molecule has 0 aliphatic carbocycles. The SMILES string of the molecule is CN1CCc2c(c(N3CCC(Cc4ccccc4)CC3)nc3n[nH]c(N)c23)C1. The van der Waals surface area contributed by atoms with E-state index in [2.05, 4.69) is 57.4 Å². The number of hydrogen-bond donors (Lipinski definition) is 2. The van der Waals surface area contributed by atoms with Crippen molar-refractivity contribution in [2.75, 3.05) is 37.3 Å². The lowest BCUT2D eigenvalue weighted by Gasteiger charge is -2.36. The lowest BCUT2D eigenvalue weighted by molar-refractivity contribution is 0.312. The summed E-state index contributed by atoms with van der Waals surface area (Å²) in [6.07, 6.45) is 4.60. The lowest BCUT2D eigenvalue weighted by atomic mass is 9.89. The van der Waals surface area contributed by atoms with Gasteiger partial charge in [-0.1, -0.05) is 30.3 Å². The number of likely N-dealkylation sites (N-methyl/N-ethyl adjacent to an activating group) is 1. The van der Waals surface area contributed by atoms with Crippen LogP contribution >= 0.6 is 0 Å². The Balaban J connectivity index is 1.40. The first kappa shape index (κ1) is 17.5. The molecule has 2 aromatic heterocycles. The summed E-state index contributed by atoms with van der Waals surface area (Å²) < 4.78 is 0. The van der Waals surface area contributed by atoms with Gasteiger partial charge in [-0.15, -0.1) is 0 Å². The van der Waals surface area contributed by atoms with Crippen LogP contribution in [0.4, 0.5) is 11.6 Å². The Labute approximate surface area is 165 Å². The first-order valence-corrected chi connectivity index (χ1v) is 10.3. The Morgan fingerprint density at radius 1 is 1.11 bits per heavy atom. The fourth-order valence-corrected chi connectivity index (χ4v) is 4.83. The van der Waals surface area contributed by atoms with E-state index in [0.717, 1.165) is 55.4 Å². The van der Waals surface area contributed by atoms with Crippen molar-refractivity contribution in [2.45, 2.75) is 32.2 Å². The second kappa shape index (κ2) is 7.09. The third kappa shape index (κ3) is 3.11. The van der Waals surface area contributed by atoms with Crippen molar-refractivity contribution < 1.29 is 0 Å². The van der Waals surface area contributed by atoms with Crippen molar-refractivity contribution in [3.8, 4) is 0 Å². The zero-order chi connectivity index (χ0) is 19.1. The standard InChI is InChI=1S/C22H28N6/c1-27-10-9-17-18(14-27)22(24-21-19(17)20(23)25-26-21)28-11-7-16(8-12-28)13-15-5-3-2-4-6-15/h2-6,16H,7-14H2,1H3,(H3,23,24,25,26). The molecule has 1 fully saturated rings. The predicted molar refractivity (Wildman–Crippen MR) is 113 cm³/mol. The molecule has 0 saturated carbocycles. The Morgan fingerprint density at radius 3 is 2.68 bits per heavy atom. The average Bonchev–Trinajstić information content (AvgIpc) is 3.09. The molecule has 0 spiro atoms. The third-order valence-electron chi connectivity index (χ3n) is 6.38. The normalized spacial score (nSPS) is 18.5. The van der Waals surface area contributed by atoms with E-state index in [9.17, 15) is 0 Å². The minimum Gasteiger partial charge on any atom is -0.384 e. The first-order valence-electron chi connectivity index (χ1n) is 10.3. The van der Waals surface area contributed by atoms with E-state index in [1.165, 1.54) is 36.0 Å². The van der Waals surface area contributed by atoms with E-state index in [1.807, 2.05) is 0 Å². The molecule has 3 aromatic rings. The van der Waals surface area contributed by atoms with Crippen LogP contribution in [0.15, 0.2) is 30.3 Å². The smallest absolute Gasteiger partial charge is 0.185 e. The van der Waals surface area contributed by atoms with Gasteiger partial charge in [-0.3, -0.25) is 5.10 Å². The molecule has 6 nitrogen and oxygen atoms in total. The second-order valence-corrected chi connectivity index (χ2v) is 8.34. The molecule has 1 saturated heterocycles. The van der Waals surface area contributed by atoms with Crippen LogP contribution in [-0.2, 0) is 19.4 Å². The van der Waals surface area contributed by atoms with Crippen molar-refractivity contribution in [1.82, 2.24) is 20.1 Å². The Bertz CT molecular complexity index is 972. The number of nitrogen functional groups attached to an aromatic ring is 1.